The molecular weight excluding hydrogens is 146 g/mol. The van der Waals surface area contributed by atoms with Crippen molar-refractivity contribution in [2.45, 2.75) is 37.8 Å². The molecule has 0 amide bonds. The molecule has 0 spiro atoms. The highest BCUT2D eigenvalue weighted by Crippen LogP contribution is 2.30. The maximum atomic E-state index is 10.9. The summed E-state index contributed by atoms with van der Waals surface area (Å²) in [5.41, 5.74) is 0.868. The number of aliphatic hydroxyl groups is 1. The Morgan fingerprint density at radius 1 is 1.73 bits per heavy atom. The van der Waals surface area contributed by atoms with E-state index >= 15 is 0 Å². The van der Waals surface area contributed by atoms with Gasteiger partial charge in [0.15, 0.2) is 5.78 Å². The van der Waals surface area contributed by atoms with Crippen LogP contribution in [0.3, 0.4) is 0 Å². The lowest BCUT2D eigenvalue weighted by Crippen LogP contribution is -2.36. The van der Waals surface area contributed by atoms with Gasteiger partial charge in [-0.05, 0) is 19.8 Å². The van der Waals surface area contributed by atoms with Crippen molar-refractivity contribution >= 4 is 5.78 Å². The van der Waals surface area contributed by atoms with Gasteiger partial charge in [-0.15, -0.1) is 0 Å². The topological polar surface area (TPSA) is 69.6 Å². The van der Waals surface area contributed by atoms with E-state index in [4.69, 9.17) is 5.21 Å². The van der Waals surface area contributed by atoms with Gasteiger partial charge < -0.3 is 10.3 Å². The fraction of sp³-hybridized carbons (Fsp3) is 0.857. The third kappa shape index (κ3) is 1.58. The number of nitrogens with one attached hydrogen (secondary N) is 1. The van der Waals surface area contributed by atoms with Gasteiger partial charge in [0.05, 0.1) is 0 Å². The zero-order valence-electron chi connectivity index (χ0n) is 6.50. The molecule has 1 rings (SSSR count). The highest BCUT2D eigenvalue weighted by Gasteiger charge is 2.40. The molecule has 0 aromatic rings. The van der Waals surface area contributed by atoms with E-state index < -0.39 is 5.60 Å². The number of hydrogen-bond donors (Lipinski definition) is 3. The lowest BCUT2D eigenvalue weighted by atomic mass is 9.98. The number of ketones is 1. The summed E-state index contributed by atoms with van der Waals surface area (Å²) in [6.07, 6.45) is 1.41. The molecule has 1 aliphatic rings. The Labute approximate surface area is 65.2 Å². The van der Waals surface area contributed by atoms with E-state index in [2.05, 4.69) is 5.48 Å². The minimum Gasteiger partial charge on any atom is -0.382 e. The molecule has 0 aromatic heterocycles. The average molecular weight is 159 g/mol. The van der Waals surface area contributed by atoms with E-state index in [9.17, 15) is 9.90 Å². The first-order valence-corrected chi connectivity index (χ1v) is 3.71. The van der Waals surface area contributed by atoms with Crippen LogP contribution in [0.1, 0.15) is 26.2 Å². The van der Waals surface area contributed by atoms with Gasteiger partial charge in [-0.25, -0.2) is 5.48 Å². The second kappa shape index (κ2) is 2.89. The Bertz CT molecular complexity index is 171. The van der Waals surface area contributed by atoms with E-state index in [1.54, 1.807) is 0 Å². The SMILES string of the molecule is CC(=O)[C@]1(O)CC[C@H](NO)C1. The van der Waals surface area contributed by atoms with Gasteiger partial charge in [-0.1, -0.05) is 0 Å². The van der Waals surface area contributed by atoms with Crippen LogP contribution in [0.2, 0.25) is 0 Å². The van der Waals surface area contributed by atoms with Crippen molar-refractivity contribution in [3.8, 4) is 0 Å². The van der Waals surface area contributed by atoms with E-state index in [-0.39, 0.29) is 11.8 Å². The maximum absolute atomic E-state index is 10.9. The van der Waals surface area contributed by atoms with Crippen molar-refractivity contribution in [1.29, 1.82) is 0 Å². The Morgan fingerprint density at radius 2 is 2.36 bits per heavy atom. The Hall–Kier alpha value is -0.450. The van der Waals surface area contributed by atoms with E-state index in [0.717, 1.165) is 0 Å². The Kier molecular flexibility index (Phi) is 2.27. The van der Waals surface area contributed by atoms with Crippen LogP contribution < -0.4 is 5.48 Å². The second-order valence-electron chi connectivity index (χ2n) is 3.16. The number of Topliss-reactive ketones (excluding diaryl/α,β-unsaturated/α-hetero) is 1. The van der Waals surface area contributed by atoms with Gasteiger partial charge >= 0.3 is 0 Å². The van der Waals surface area contributed by atoms with Crippen LogP contribution in [-0.2, 0) is 4.79 Å². The summed E-state index contributed by atoms with van der Waals surface area (Å²) in [5.74, 6) is -0.213. The molecule has 0 saturated heterocycles. The van der Waals surface area contributed by atoms with E-state index in [1.165, 1.54) is 6.92 Å². The van der Waals surface area contributed by atoms with Gasteiger partial charge in [0.2, 0.25) is 0 Å². The molecule has 1 fully saturated rings. The molecule has 11 heavy (non-hydrogen) atoms. The van der Waals surface area contributed by atoms with E-state index in [0.29, 0.717) is 19.3 Å². The average Bonchev–Trinajstić information content (AvgIpc) is 2.33. The Morgan fingerprint density at radius 3 is 2.64 bits per heavy atom. The smallest absolute Gasteiger partial charge is 0.161 e. The largest absolute Gasteiger partial charge is 0.382 e. The van der Waals surface area contributed by atoms with Crippen LogP contribution in [0.4, 0.5) is 0 Å². The summed E-state index contributed by atoms with van der Waals surface area (Å²) in [4.78, 5) is 10.9. The van der Waals surface area contributed by atoms with Crippen molar-refractivity contribution < 1.29 is 15.1 Å². The summed E-state index contributed by atoms with van der Waals surface area (Å²) in [6.45, 7) is 1.37. The molecule has 64 valence electrons. The zero-order chi connectivity index (χ0) is 8.48. The van der Waals surface area contributed by atoms with Gasteiger partial charge in [0, 0.05) is 12.5 Å². The molecule has 0 unspecified atom stereocenters. The van der Waals surface area contributed by atoms with Crippen LogP contribution in [-0.4, -0.2) is 27.7 Å². The number of rotatable bonds is 2. The first kappa shape index (κ1) is 8.64. The normalized spacial score (nSPS) is 37.5. The maximum Gasteiger partial charge on any atom is 0.161 e. The highest BCUT2D eigenvalue weighted by molar-refractivity contribution is 5.85. The zero-order valence-corrected chi connectivity index (χ0v) is 6.50. The van der Waals surface area contributed by atoms with Crippen molar-refractivity contribution in [1.82, 2.24) is 5.48 Å². The minimum absolute atomic E-state index is 0.135. The molecule has 1 saturated carbocycles. The van der Waals surface area contributed by atoms with Gasteiger partial charge in [0.1, 0.15) is 5.60 Å². The molecule has 0 heterocycles. The second-order valence-corrected chi connectivity index (χ2v) is 3.16. The quantitative estimate of drug-likeness (QED) is 0.489. The number of carbonyl (C=O) groups excluding carboxylic acids is 1. The fourth-order valence-corrected chi connectivity index (χ4v) is 1.45. The summed E-state index contributed by atoms with van der Waals surface area (Å²) in [7, 11) is 0. The third-order valence-electron chi connectivity index (χ3n) is 2.33. The summed E-state index contributed by atoms with van der Waals surface area (Å²) in [5, 5.41) is 18.1. The molecule has 0 radical (unpaired) electrons. The summed E-state index contributed by atoms with van der Waals surface area (Å²) < 4.78 is 0. The number of carbonyl (C=O) groups is 1. The standard InChI is InChI=1S/C7H13NO3/c1-5(9)7(10)3-2-6(4-7)8-11/h6,8,10-11H,2-4H2,1H3/t6-,7-/m0/s1. The van der Waals surface area contributed by atoms with Crippen LogP contribution >= 0.6 is 0 Å². The summed E-state index contributed by atoms with van der Waals surface area (Å²) in [6, 6.07) is -0.135. The van der Waals surface area contributed by atoms with Crippen LogP contribution in [0.25, 0.3) is 0 Å². The minimum atomic E-state index is -1.19. The van der Waals surface area contributed by atoms with Gasteiger partial charge in [0.25, 0.3) is 0 Å². The molecular formula is C7H13NO3. The van der Waals surface area contributed by atoms with Crippen LogP contribution in [0.5, 0.6) is 0 Å². The van der Waals surface area contributed by atoms with Crippen LogP contribution in [0.15, 0.2) is 0 Å². The molecule has 0 aromatic carbocycles. The summed E-state index contributed by atoms with van der Waals surface area (Å²) >= 11 is 0. The van der Waals surface area contributed by atoms with Crippen molar-refractivity contribution in [3.05, 3.63) is 0 Å². The molecule has 1 aliphatic carbocycles. The first-order valence-electron chi connectivity index (χ1n) is 3.71. The van der Waals surface area contributed by atoms with Crippen molar-refractivity contribution in [3.63, 3.8) is 0 Å². The van der Waals surface area contributed by atoms with Gasteiger partial charge in [-0.2, -0.15) is 0 Å². The van der Waals surface area contributed by atoms with Crippen LogP contribution in [0, 0.1) is 0 Å². The molecule has 0 bridgehead atoms. The lowest BCUT2D eigenvalue weighted by Gasteiger charge is -2.18. The monoisotopic (exact) mass is 159 g/mol. The first-order chi connectivity index (χ1) is 5.08. The predicted molar refractivity (Wildman–Crippen MR) is 38.2 cm³/mol. The number of hydrogen-bond acceptors (Lipinski definition) is 4. The molecule has 2 atom stereocenters. The highest BCUT2D eigenvalue weighted by atomic mass is 16.5. The molecule has 4 heteroatoms. The molecule has 3 N–H and O–H groups in total. The predicted octanol–water partition coefficient (Wildman–Crippen LogP) is -0.162. The third-order valence-corrected chi connectivity index (χ3v) is 2.33. The van der Waals surface area contributed by atoms with E-state index in [1.807, 2.05) is 0 Å². The van der Waals surface area contributed by atoms with Crippen molar-refractivity contribution in [2.75, 3.05) is 0 Å². The Balaban J connectivity index is 2.57. The lowest BCUT2D eigenvalue weighted by molar-refractivity contribution is -0.134. The molecule has 4 nitrogen and oxygen atoms in total. The van der Waals surface area contributed by atoms with Gasteiger partial charge in [-0.3, -0.25) is 4.79 Å². The fourth-order valence-electron chi connectivity index (χ4n) is 1.45. The number of hydroxylamine groups is 1. The van der Waals surface area contributed by atoms with Crippen molar-refractivity contribution in [2.24, 2.45) is 0 Å². The molecule has 0 aliphatic heterocycles.